The van der Waals surface area contributed by atoms with Crippen molar-refractivity contribution in [3.63, 3.8) is 0 Å². The molecular formula is C18H18N6O3. The van der Waals surface area contributed by atoms with E-state index < -0.39 is 0 Å². The van der Waals surface area contributed by atoms with Crippen molar-refractivity contribution in [3.8, 4) is 23.3 Å². The molecule has 9 nitrogen and oxygen atoms in total. The first-order valence-electron chi connectivity index (χ1n) is 8.35. The second kappa shape index (κ2) is 6.64. The number of rotatable bonds is 4. The normalized spacial score (nSPS) is 13.2. The molecule has 1 aliphatic heterocycles. The minimum Gasteiger partial charge on any atom is -0.493 e. The van der Waals surface area contributed by atoms with Gasteiger partial charge in [0.05, 0.1) is 45.5 Å². The first kappa shape index (κ1) is 16.9. The quantitative estimate of drug-likeness (QED) is 0.689. The largest absolute Gasteiger partial charge is 0.493 e. The number of hydrogen-bond donors (Lipinski definition) is 0. The van der Waals surface area contributed by atoms with Gasteiger partial charge in [0.25, 0.3) is 0 Å². The molecule has 0 N–H and O–H groups in total. The lowest BCUT2D eigenvalue weighted by atomic mass is 10.1. The minimum atomic E-state index is 0.424. The number of aromatic nitrogens is 4. The molecule has 0 amide bonds. The van der Waals surface area contributed by atoms with Crippen LogP contribution in [-0.4, -0.2) is 47.6 Å². The summed E-state index contributed by atoms with van der Waals surface area (Å²) in [5.41, 5.74) is 2.04. The van der Waals surface area contributed by atoms with E-state index in [1.165, 1.54) is 6.33 Å². The lowest BCUT2D eigenvalue weighted by Gasteiger charge is -2.29. The van der Waals surface area contributed by atoms with Crippen LogP contribution >= 0.6 is 0 Å². The van der Waals surface area contributed by atoms with Crippen LogP contribution in [0.3, 0.4) is 0 Å². The predicted molar refractivity (Wildman–Crippen MR) is 97.2 cm³/mol. The third kappa shape index (κ3) is 2.66. The van der Waals surface area contributed by atoms with Crippen LogP contribution < -0.4 is 19.1 Å². The molecule has 0 fully saturated rings. The van der Waals surface area contributed by atoms with Gasteiger partial charge in [0, 0.05) is 6.54 Å². The van der Waals surface area contributed by atoms with E-state index in [9.17, 15) is 0 Å². The number of nitriles is 1. The molecule has 0 radical (unpaired) electrons. The van der Waals surface area contributed by atoms with Crippen LogP contribution in [-0.2, 0) is 13.1 Å². The van der Waals surface area contributed by atoms with Gasteiger partial charge < -0.3 is 19.1 Å². The summed E-state index contributed by atoms with van der Waals surface area (Å²) in [7, 11) is 4.71. The number of methoxy groups -OCH3 is 3. The van der Waals surface area contributed by atoms with Crippen molar-refractivity contribution in [2.24, 2.45) is 0 Å². The highest BCUT2D eigenvalue weighted by atomic mass is 16.5. The maximum atomic E-state index is 9.08. The Hall–Kier alpha value is -3.54. The summed E-state index contributed by atoms with van der Waals surface area (Å²) < 4.78 is 18.3. The highest BCUT2D eigenvalue weighted by Crippen LogP contribution is 2.44. The maximum absolute atomic E-state index is 9.08. The first-order chi connectivity index (χ1) is 13.2. The van der Waals surface area contributed by atoms with Crippen molar-refractivity contribution in [1.82, 2.24) is 19.7 Å². The fourth-order valence-electron chi connectivity index (χ4n) is 3.40. The van der Waals surface area contributed by atoms with Crippen molar-refractivity contribution >= 4 is 16.7 Å². The van der Waals surface area contributed by atoms with Gasteiger partial charge in [0.2, 0.25) is 5.75 Å². The Balaban J connectivity index is 1.84. The van der Waals surface area contributed by atoms with Gasteiger partial charge in [-0.1, -0.05) is 0 Å². The summed E-state index contributed by atoms with van der Waals surface area (Å²) in [5, 5.41) is 14.2. The van der Waals surface area contributed by atoms with Crippen molar-refractivity contribution in [3.05, 3.63) is 29.8 Å². The summed E-state index contributed by atoms with van der Waals surface area (Å²) in [4.78, 5) is 11.0. The molecule has 3 heterocycles. The fraction of sp³-hybridized carbons (Fsp3) is 0.333. The van der Waals surface area contributed by atoms with Crippen LogP contribution in [0.4, 0.5) is 5.82 Å². The third-order valence-electron chi connectivity index (χ3n) is 4.62. The molecule has 0 bridgehead atoms. The van der Waals surface area contributed by atoms with Gasteiger partial charge in [-0.15, -0.1) is 0 Å². The molecule has 0 unspecified atom stereocenters. The van der Waals surface area contributed by atoms with E-state index in [2.05, 4.69) is 26.0 Å². The minimum absolute atomic E-state index is 0.424. The number of hydrogen-bond acceptors (Lipinski definition) is 8. The summed E-state index contributed by atoms with van der Waals surface area (Å²) in [6, 6.07) is 5.75. The van der Waals surface area contributed by atoms with Crippen LogP contribution in [0.1, 0.15) is 11.4 Å². The summed E-state index contributed by atoms with van der Waals surface area (Å²) in [6.45, 7) is 1.98. The van der Waals surface area contributed by atoms with Gasteiger partial charge in [0.15, 0.2) is 17.2 Å². The number of fused-ring (bicyclic) bond motifs is 2. The van der Waals surface area contributed by atoms with Crippen molar-refractivity contribution in [2.75, 3.05) is 32.8 Å². The SMILES string of the molecule is COc1cc2c(N3CCn4nc(C#N)cc4C3)ncnc2c(OC)c1OC. The van der Waals surface area contributed by atoms with Crippen LogP contribution in [0, 0.1) is 11.3 Å². The maximum Gasteiger partial charge on any atom is 0.205 e. The second-order valence-electron chi connectivity index (χ2n) is 6.02. The second-order valence-corrected chi connectivity index (χ2v) is 6.02. The molecule has 3 aromatic rings. The number of benzene rings is 1. The van der Waals surface area contributed by atoms with Gasteiger partial charge in [0.1, 0.15) is 23.7 Å². The van der Waals surface area contributed by atoms with E-state index in [1.54, 1.807) is 27.4 Å². The van der Waals surface area contributed by atoms with E-state index in [1.807, 2.05) is 10.7 Å². The Bertz CT molecular complexity index is 1060. The third-order valence-corrected chi connectivity index (χ3v) is 4.62. The monoisotopic (exact) mass is 366 g/mol. The summed E-state index contributed by atoms with van der Waals surface area (Å²) in [6.07, 6.45) is 1.51. The van der Waals surface area contributed by atoms with Crippen molar-refractivity contribution in [1.29, 1.82) is 5.26 Å². The average Bonchev–Trinajstić information content (AvgIpc) is 3.14. The molecule has 0 saturated carbocycles. The van der Waals surface area contributed by atoms with E-state index in [0.717, 1.165) is 16.9 Å². The topological polar surface area (TPSA) is 98.3 Å². The van der Waals surface area contributed by atoms with Gasteiger partial charge >= 0.3 is 0 Å². The number of ether oxygens (including phenoxy) is 3. The highest BCUT2D eigenvalue weighted by molar-refractivity contribution is 5.97. The van der Waals surface area contributed by atoms with Gasteiger partial charge in [-0.05, 0) is 12.1 Å². The van der Waals surface area contributed by atoms with E-state index in [0.29, 0.717) is 48.1 Å². The molecule has 0 atom stereocenters. The molecule has 0 spiro atoms. The summed E-state index contributed by atoms with van der Waals surface area (Å²) in [5.74, 6) is 2.31. The molecule has 4 rings (SSSR count). The molecule has 2 aromatic heterocycles. The Kier molecular flexibility index (Phi) is 4.16. The average molecular weight is 366 g/mol. The smallest absolute Gasteiger partial charge is 0.205 e. The Morgan fingerprint density at radius 1 is 1.04 bits per heavy atom. The zero-order chi connectivity index (χ0) is 19.0. The van der Waals surface area contributed by atoms with Crippen LogP contribution in [0.25, 0.3) is 10.9 Å². The predicted octanol–water partition coefficient (Wildman–Crippen LogP) is 1.74. The van der Waals surface area contributed by atoms with E-state index in [4.69, 9.17) is 19.5 Å². The number of anilines is 1. The van der Waals surface area contributed by atoms with E-state index in [-0.39, 0.29) is 0 Å². The zero-order valence-corrected chi connectivity index (χ0v) is 15.3. The van der Waals surface area contributed by atoms with Crippen LogP contribution in [0.5, 0.6) is 17.2 Å². The molecule has 1 aliphatic rings. The number of nitrogens with zero attached hydrogens (tertiary/aromatic N) is 6. The summed E-state index contributed by atoms with van der Waals surface area (Å²) >= 11 is 0. The molecule has 0 saturated heterocycles. The molecule has 9 heteroatoms. The van der Waals surface area contributed by atoms with Crippen molar-refractivity contribution in [2.45, 2.75) is 13.1 Å². The highest BCUT2D eigenvalue weighted by Gasteiger charge is 2.24. The zero-order valence-electron chi connectivity index (χ0n) is 15.3. The standard InChI is InChI=1S/C18H18N6O3/c1-25-14-7-13-15(17(27-3)16(14)26-2)20-10-21-18(13)23-4-5-24-12(9-23)6-11(8-19)22-24/h6-7,10H,4-5,9H2,1-3H3. The van der Waals surface area contributed by atoms with Crippen molar-refractivity contribution < 1.29 is 14.2 Å². The lowest BCUT2D eigenvalue weighted by Crippen LogP contribution is -2.34. The van der Waals surface area contributed by atoms with Crippen LogP contribution in [0.15, 0.2) is 18.5 Å². The first-order valence-corrected chi connectivity index (χ1v) is 8.35. The Morgan fingerprint density at radius 2 is 1.85 bits per heavy atom. The Morgan fingerprint density at radius 3 is 2.56 bits per heavy atom. The van der Waals surface area contributed by atoms with Gasteiger partial charge in [-0.3, -0.25) is 4.68 Å². The van der Waals surface area contributed by atoms with Gasteiger partial charge in [-0.25, -0.2) is 9.97 Å². The fourth-order valence-corrected chi connectivity index (χ4v) is 3.40. The molecule has 27 heavy (non-hydrogen) atoms. The molecule has 1 aromatic carbocycles. The Labute approximate surface area is 155 Å². The molecule has 138 valence electrons. The van der Waals surface area contributed by atoms with E-state index >= 15 is 0 Å². The van der Waals surface area contributed by atoms with Gasteiger partial charge in [-0.2, -0.15) is 10.4 Å². The molecular weight excluding hydrogens is 348 g/mol. The molecule has 0 aliphatic carbocycles. The van der Waals surface area contributed by atoms with Crippen LogP contribution in [0.2, 0.25) is 0 Å². The lowest BCUT2D eigenvalue weighted by molar-refractivity contribution is 0.327.